The number of piperidine rings is 1. The quantitative estimate of drug-likeness (QED) is 0.865. The molecule has 0 bridgehead atoms. The SMILES string of the molecule is Cc1ccc(-c2cn[nH]c2C2CCNCC2)c(C)c1. The number of aromatic amines is 1. The van der Waals surface area contributed by atoms with Gasteiger partial charge >= 0.3 is 0 Å². The molecule has 1 saturated heterocycles. The molecule has 1 aromatic heterocycles. The largest absolute Gasteiger partial charge is 0.317 e. The molecule has 0 aliphatic carbocycles. The van der Waals surface area contributed by atoms with Crippen LogP contribution in [0.2, 0.25) is 0 Å². The molecule has 0 saturated carbocycles. The fourth-order valence-electron chi connectivity index (χ4n) is 3.05. The highest BCUT2D eigenvalue weighted by atomic mass is 15.1. The second-order valence-corrected chi connectivity index (χ2v) is 5.54. The molecule has 0 unspecified atom stereocenters. The van der Waals surface area contributed by atoms with Crippen LogP contribution >= 0.6 is 0 Å². The molecule has 2 aromatic rings. The van der Waals surface area contributed by atoms with Gasteiger partial charge in [-0.3, -0.25) is 5.10 Å². The molecule has 1 fully saturated rings. The number of hydrogen-bond donors (Lipinski definition) is 2. The first-order valence-electron chi connectivity index (χ1n) is 7.07. The van der Waals surface area contributed by atoms with Gasteiger partial charge in [0.05, 0.1) is 6.20 Å². The molecule has 3 rings (SSSR count). The lowest BCUT2D eigenvalue weighted by Gasteiger charge is -2.22. The van der Waals surface area contributed by atoms with Crippen molar-refractivity contribution in [2.24, 2.45) is 0 Å². The summed E-state index contributed by atoms with van der Waals surface area (Å²) in [7, 11) is 0. The maximum absolute atomic E-state index is 4.29. The molecule has 0 atom stereocenters. The van der Waals surface area contributed by atoms with Crippen LogP contribution in [0.1, 0.15) is 35.6 Å². The summed E-state index contributed by atoms with van der Waals surface area (Å²) in [6.07, 6.45) is 4.37. The minimum absolute atomic E-state index is 0.611. The standard InChI is InChI=1S/C16H21N3/c1-11-3-4-14(12(2)9-11)15-10-18-19-16(15)13-5-7-17-8-6-13/h3-4,9-10,13,17H,5-8H2,1-2H3,(H,18,19). The van der Waals surface area contributed by atoms with E-state index in [-0.39, 0.29) is 0 Å². The number of benzene rings is 1. The van der Waals surface area contributed by atoms with Crippen molar-refractivity contribution in [1.29, 1.82) is 0 Å². The smallest absolute Gasteiger partial charge is 0.0568 e. The Labute approximate surface area is 114 Å². The van der Waals surface area contributed by atoms with Crippen LogP contribution in [0, 0.1) is 13.8 Å². The Morgan fingerprint density at radius 1 is 1.11 bits per heavy atom. The summed E-state index contributed by atoms with van der Waals surface area (Å²) in [4.78, 5) is 0. The van der Waals surface area contributed by atoms with Gasteiger partial charge in [-0.2, -0.15) is 5.10 Å². The van der Waals surface area contributed by atoms with Crippen molar-refractivity contribution >= 4 is 0 Å². The minimum Gasteiger partial charge on any atom is -0.317 e. The zero-order valence-electron chi connectivity index (χ0n) is 11.7. The second kappa shape index (κ2) is 5.17. The summed E-state index contributed by atoms with van der Waals surface area (Å²) < 4.78 is 0. The van der Waals surface area contributed by atoms with Crippen LogP contribution in [0.3, 0.4) is 0 Å². The highest BCUT2D eigenvalue weighted by molar-refractivity contribution is 5.69. The highest BCUT2D eigenvalue weighted by Gasteiger charge is 2.21. The van der Waals surface area contributed by atoms with Gasteiger partial charge in [-0.25, -0.2) is 0 Å². The monoisotopic (exact) mass is 255 g/mol. The lowest BCUT2D eigenvalue weighted by Crippen LogP contribution is -2.27. The van der Waals surface area contributed by atoms with E-state index in [1.54, 1.807) is 0 Å². The molecule has 0 amide bonds. The first kappa shape index (κ1) is 12.4. The molecule has 100 valence electrons. The van der Waals surface area contributed by atoms with Crippen molar-refractivity contribution < 1.29 is 0 Å². The number of aromatic nitrogens is 2. The molecular formula is C16H21N3. The average molecular weight is 255 g/mol. The maximum Gasteiger partial charge on any atom is 0.0568 e. The first-order chi connectivity index (χ1) is 9.25. The fourth-order valence-corrected chi connectivity index (χ4v) is 3.05. The van der Waals surface area contributed by atoms with Gasteiger partial charge in [-0.1, -0.05) is 23.8 Å². The molecule has 0 radical (unpaired) electrons. The maximum atomic E-state index is 4.29. The molecule has 2 N–H and O–H groups in total. The van der Waals surface area contributed by atoms with E-state index in [0.717, 1.165) is 13.1 Å². The summed E-state index contributed by atoms with van der Waals surface area (Å²) in [5.74, 6) is 0.611. The average Bonchev–Trinajstić information content (AvgIpc) is 2.89. The third-order valence-corrected chi connectivity index (χ3v) is 4.09. The number of rotatable bonds is 2. The predicted octanol–water partition coefficient (Wildman–Crippen LogP) is 3.16. The molecule has 1 aliphatic heterocycles. The van der Waals surface area contributed by atoms with Crippen LogP contribution < -0.4 is 5.32 Å². The summed E-state index contributed by atoms with van der Waals surface area (Å²) in [6, 6.07) is 6.65. The van der Waals surface area contributed by atoms with Crippen molar-refractivity contribution in [3.05, 3.63) is 41.2 Å². The van der Waals surface area contributed by atoms with Crippen LogP contribution in [0.4, 0.5) is 0 Å². The number of nitrogens with zero attached hydrogens (tertiary/aromatic N) is 1. The van der Waals surface area contributed by atoms with Crippen LogP contribution in [0.15, 0.2) is 24.4 Å². The Morgan fingerprint density at radius 2 is 1.89 bits per heavy atom. The molecular weight excluding hydrogens is 234 g/mol. The normalized spacial score (nSPS) is 16.7. The Balaban J connectivity index is 1.99. The zero-order chi connectivity index (χ0) is 13.2. The summed E-state index contributed by atoms with van der Waals surface area (Å²) in [6.45, 7) is 6.54. The number of H-pyrrole nitrogens is 1. The van der Waals surface area contributed by atoms with Crippen molar-refractivity contribution in [3.63, 3.8) is 0 Å². The Morgan fingerprint density at radius 3 is 2.63 bits per heavy atom. The van der Waals surface area contributed by atoms with Gasteiger partial charge < -0.3 is 5.32 Å². The van der Waals surface area contributed by atoms with E-state index in [9.17, 15) is 0 Å². The summed E-state index contributed by atoms with van der Waals surface area (Å²) in [5.41, 5.74) is 6.55. The molecule has 1 aliphatic rings. The van der Waals surface area contributed by atoms with E-state index in [1.165, 1.54) is 40.8 Å². The molecule has 19 heavy (non-hydrogen) atoms. The van der Waals surface area contributed by atoms with E-state index < -0.39 is 0 Å². The van der Waals surface area contributed by atoms with Crippen molar-refractivity contribution in [2.45, 2.75) is 32.6 Å². The van der Waals surface area contributed by atoms with Gasteiger partial charge in [0.1, 0.15) is 0 Å². The van der Waals surface area contributed by atoms with Crippen molar-refractivity contribution in [3.8, 4) is 11.1 Å². The Hall–Kier alpha value is -1.61. The second-order valence-electron chi connectivity index (χ2n) is 5.54. The molecule has 3 heteroatoms. The molecule has 0 spiro atoms. The van der Waals surface area contributed by atoms with Crippen LogP contribution in [0.25, 0.3) is 11.1 Å². The third-order valence-electron chi connectivity index (χ3n) is 4.09. The fraction of sp³-hybridized carbons (Fsp3) is 0.438. The highest BCUT2D eigenvalue weighted by Crippen LogP contribution is 2.33. The predicted molar refractivity (Wildman–Crippen MR) is 78.3 cm³/mol. The van der Waals surface area contributed by atoms with Crippen LogP contribution in [-0.4, -0.2) is 23.3 Å². The zero-order valence-corrected chi connectivity index (χ0v) is 11.7. The number of aryl methyl sites for hydroxylation is 2. The van der Waals surface area contributed by atoms with E-state index in [1.807, 2.05) is 6.20 Å². The Bertz CT molecular complexity index is 565. The lowest BCUT2D eigenvalue weighted by atomic mass is 9.89. The van der Waals surface area contributed by atoms with Crippen LogP contribution in [-0.2, 0) is 0 Å². The van der Waals surface area contributed by atoms with Gasteiger partial charge in [-0.05, 0) is 50.9 Å². The van der Waals surface area contributed by atoms with E-state index >= 15 is 0 Å². The van der Waals surface area contributed by atoms with E-state index in [4.69, 9.17) is 0 Å². The van der Waals surface area contributed by atoms with Gasteiger partial charge in [0, 0.05) is 17.2 Å². The van der Waals surface area contributed by atoms with Crippen LogP contribution in [0.5, 0.6) is 0 Å². The first-order valence-corrected chi connectivity index (χ1v) is 7.07. The van der Waals surface area contributed by atoms with E-state index in [0.29, 0.717) is 5.92 Å². The Kier molecular flexibility index (Phi) is 3.38. The van der Waals surface area contributed by atoms with Gasteiger partial charge in [0.2, 0.25) is 0 Å². The molecule has 3 nitrogen and oxygen atoms in total. The van der Waals surface area contributed by atoms with Crippen molar-refractivity contribution in [2.75, 3.05) is 13.1 Å². The number of hydrogen-bond acceptors (Lipinski definition) is 2. The van der Waals surface area contributed by atoms with E-state index in [2.05, 4.69) is 47.6 Å². The van der Waals surface area contributed by atoms with Crippen molar-refractivity contribution in [1.82, 2.24) is 15.5 Å². The van der Waals surface area contributed by atoms with Gasteiger partial charge in [0.25, 0.3) is 0 Å². The topological polar surface area (TPSA) is 40.7 Å². The molecule has 1 aromatic carbocycles. The van der Waals surface area contributed by atoms with Gasteiger partial charge in [-0.15, -0.1) is 0 Å². The minimum atomic E-state index is 0.611. The third kappa shape index (κ3) is 2.43. The molecule has 2 heterocycles. The lowest BCUT2D eigenvalue weighted by molar-refractivity contribution is 0.453. The summed E-state index contributed by atoms with van der Waals surface area (Å²) >= 11 is 0. The number of nitrogens with one attached hydrogen (secondary N) is 2. The summed E-state index contributed by atoms with van der Waals surface area (Å²) in [5, 5.41) is 11.0. The van der Waals surface area contributed by atoms with Gasteiger partial charge in [0.15, 0.2) is 0 Å².